The molecular weight excluding hydrogens is 310 g/mol. The average Bonchev–Trinajstić information content (AvgIpc) is 2.51. The van der Waals surface area contributed by atoms with E-state index < -0.39 is 23.9 Å². The minimum absolute atomic E-state index is 0.0999. The number of piperidine rings is 1. The molecule has 1 aromatic rings. The first-order valence-corrected chi connectivity index (χ1v) is 8.02. The van der Waals surface area contributed by atoms with Gasteiger partial charge in [0.1, 0.15) is 6.04 Å². The highest BCUT2D eigenvalue weighted by Crippen LogP contribution is 2.17. The van der Waals surface area contributed by atoms with Crippen molar-refractivity contribution in [3.63, 3.8) is 0 Å². The summed E-state index contributed by atoms with van der Waals surface area (Å²) in [4.78, 5) is 36.7. The SMILES string of the molecule is Cc1ccc(NC(=O)NC(=O)CN2CCCCC2C(=O)O)cc1C. The van der Waals surface area contributed by atoms with Gasteiger partial charge >= 0.3 is 12.0 Å². The Labute approximate surface area is 141 Å². The van der Waals surface area contributed by atoms with Crippen LogP contribution in [0.3, 0.4) is 0 Å². The van der Waals surface area contributed by atoms with Crippen molar-refractivity contribution in [2.45, 2.75) is 39.2 Å². The predicted molar refractivity (Wildman–Crippen MR) is 89.9 cm³/mol. The second-order valence-electron chi connectivity index (χ2n) is 6.12. The number of imide groups is 1. The Morgan fingerprint density at radius 1 is 1.21 bits per heavy atom. The fraction of sp³-hybridized carbons (Fsp3) is 0.471. The first kappa shape index (κ1) is 17.9. The molecule has 130 valence electrons. The molecular formula is C17H23N3O4. The molecule has 0 bridgehead atoms. The van der Waals surface area contributed by atoms with Crippen molar-refractivity contribution in [3.8, 4) is 0 Å². The molecule has 1 aliphatic heterocycles. The molecule has 3 amide bonds. The zero-order valence-corrected chi connectivity index (χ0v) is 14.0. The number of rotatable bonds is 4. The van der Waals surface area contributed by atoms with Crippen molar-refractivity contribution >= 4 is 23.6 Å². The molecule has 1 aromatic carbocycles. The highest BCUT2D eigenvalue weighted by Gasteiger charge is 2.29. The number of aliphatic carboxylic acids is 1. The first-order chi connectivity index (χ1) is 11.4. The molecule has 0 saturated carbocycles. The Bertz CT molecular complexity index is 645. The van der Waals surface area contributed by atoms with Gasteiger partial charge in [-0.25, -0.2) is 4.79 Å². The topological polar surface area (TPSA) is 98.7 Å². The van der Waals surface area contributed by atoms with E-state index in [4.69, 9.17) is 0 Å². The summed E-state index contributed by atoms with van der Waals surface area (Å²) in [6.07, 6.45) is 2.21. The van der Waals surface area contributed by atoms with Gasteiger partial charge in [0.05, 0.1) is 6.54 Å². The summed E-state index contributed by atoms with van der Waals surface area (Å²) in [5.41, 5.74) is 2.75. The molecule has 24 heavy (non-hydrogen) atoms. The summed E-state index contributed by atoms with van der Waals surface area (Å²) in [6.45, 7) is 4.35. The number of urea groups is 1. The molecule has 1 heterocycles. The largest absolute Gasteiger partial charge is 0.480 e. The Morgan fingerprint density at radius 2 is 1.96 bits per heavy atom. The maximum absolute atomic E-state index is 12.0. The molecule has 0 spiro atoms. The molecule has 3 N–H and O–H groups in total. The van der Waals surface area contributed by atoms with Crippen LogP contribution in [0.15, 0.2) is 18.2 Å². The third-order valence-corrected chi connectivity index (χ3v) is 4.26. The van der Waals surface area contributed by atoms with Gasteiger partial charge < -0.3 is 10.4 Å². The van der Waals surface area contributed by atoms with Gasteiger partial charge in [-0.15, -0.1) is 0 Å². The number of likely N-dealkylation sites (tertiary alicyclic amines) is 1. The van der Waals surface area contributed by atoms with Gasteiger partial charge in [-0.3, -0.25) is 19.8 Å². The fourth-order valence-corrected chi connectivity index (χ4v) is 2.79. The van der Waals surface area contributed by atoms with E-state index in [0.29, 0.717) is 18.7 Å². The molecule has 0 aliphatic carbocycles. The lowest BCUT2D eigenvalue weighted by Crippen LogP contribution is -2.50. The minimum Gasteiger partial charge on any atom is -0.480 e. The molecule has 1 aliphatic rings. The number of hydrogen-bond acceptors (Lipinski definition) is 4. The van der Waals surface area contributed by atoms with Crippen LogP contribution in [0.2, 0.25) is 0 Å². The third-order valence-electron chi connectivity index (χ3n) is 4.26. The van der Waals surface area contributed by atoms with Crippen molar-refractivity contribution in [1.29, 1.82) is 0 Å². The van der Waals surface area contributed by atoms with Crippen LogP contribution in [0.4, 0.5) is 10.5 Å². The van der Waals surface area contributed by atoms with E-state index in [-0.39, 0.29) is 6.54 Å². The van der Waals surface area contributed by atoms with Crippen LogP contribution in [-0.4, -0.2) is 47.0 Å². The number of carboxylic acids is 1. The first-order valence-electron chi connectivity index (χ1n) is 8.02. The van der Waals surface area contributed by atoms with Crippen LogP contribution in [0.5, 0.6) is 0 Å². The zero-order valence-electron chi connectivity index (χ0n) is 14.0. The van der Waals surface area contributed by atoms with E-state index in [1.165, 1.54) is 0 Å². The zero-order chi connectivity index (χ0) is 17.7. The number of carbonyl (C=O) groups is 3. The number of benzene rings is 1. The minimum atomic E-state index is -0.929. The quantitative estimate of drug-likeness (QED) is 0.781. The van der Waals surface area contributed by atoms with E-state index in [0.717, 1.165) is 24.0 Å². The number of nitrogens with zero attached hydrogens (tertiary/aromatic N) is 1. The predicted octanol–water partition coefficient (Wildman–Crippen LogP) is 1.89. The molecule has 1 atom stereocenters. The van der Waals surface area contributed by atoms with Crippen molar-refractivity contribution in [2.75, 3.05) is 18.4 Å². The lowest BCUT2D eigenvalue weighted by Gasteiger charge is -2.31. The fourth-order valence-electron chi connectivity index (χ4n) is 2.79. The number of hydrogen-bond donors (Lipinski definition) is 3. The van der Waals surface area contributed by atoms with E-state index in [1.807, 2.05) is 26.0 Å². The van der Waals surface area contributed by atoms with Gasteiger partial charge in [0.25, 0.3) is 0 Å². The Morgan fingerprint density at radius 3 is 2.62 bits per heavy atom. The summed E-state index contributed by atoms with van der Waals surface area (Å²) in [5, 5.41) is 14.0. The molecule has 1 fully saturated rings. The van der Waals surface area contributed by atoms with E-state index in [2.05, 4.69) is 10.6 Å². The number of carbonyl (C=O) groups excluding carboxylic acids is 2. The third kappa shape index (κ3) is 4.79. The molecule has 2 rings (SSSR count). The molecule has 7 heteroatoms. The van der Waals surface area contributed by atoms with Gasteiger partial charge in [-0.2, -0.15) is 0 Å². The molecule has 0 aromatic heterocycles. The van der Waals surface area contributed by atoms with E-state index in [1.54, 1.807) is 11.0 Å². The molecule has 7 nitrogen and oxygen atoms in total. The monoisotopic (exact) mass is 333 g/mol. The lowest BCUT2D eigenvalue weighted by molar-refractivity contribution is -0.145. The van der Waals surface area contributed by atoms with Crippen LogP contribution in [-0.2, 0) is 9.59 Å². The second-order valence-corrected chi connectivity index (χ2v) is 6.12. The van der Waals surface area contributed by atoms with E-state index >= 15 is 0 Å². The van der Waals surface area contributed by atoms with Gasteiger partial charge in [0, 0.05) is 5.69 Å². The Balaban J connectivity index is 1.87. The van der Waals surface area contributed by atoms with Crippen molar-refractivity contribution in [2.24, 2.45) is 0 Å². The lowest BCUT2D eigenvalue weighted by atomic mass is 10.0. The molecule has 0 radical (unpaired) electrons. The normalized spacial score (nSPS) is 18.0. The maximum Gasteiger partial charge on any atom is 0.325 e. The molecule has 1 unspecified atom stereocenters. The van der Waals surface area contributed by atoms with Crippen LogP contribution < -0.4 is 10.6 Å². The van der Waals surface area contributed by atoms with Crippen molar-refractivity contribution in [3.05, 3.63) is 29.3 Å². The summed E-state index contributed by atoms with van der Waals surface area (Å²) in [5.74, 6) is -1.44. The number of aryl methyl sites for hydroxylation is 2. The van der Waals surface area contributed by atoms with Crippen molar-refractivity contribution < 1.29 is 19.5 Å². The number of anilines is 1. The standard InChI is InChI=1S/C17H23N3O4/c1-11-6-7-13(9-12(11)2)18-17(24)19-15(21)10-20-8-4-3-5-14(20)16(22)23/h6-7,9,14H,3-5,8,10H2,1-2H3,(H,22,23)(H2,18,19,21,24). The summed E-state index contributed by atoms with van der Waals surface area (Å²) >= 11 is 0. The van der Waals surface area contributed by atoms with Gasteiger partial charge in [0.15, 0.2) is 0 Å². The number of amides is 3. The Kier molecular flexibility index (Phi) is 5.92. The van der Waals surface area contributed by atoms with Crippen molar-refractivity contribution in [1.82, 2.24) is 10.2 Å². The second kappa shape index (κ2) is 7.92. The summed E-state index contributed by atoms with van der Waals surface area (Å²) in [7, 11) is 0. The van der Waals surface area contributed by atoms with E-state index in [9.17, 15) is 19.5 Å². The van der Waals surface area contributed by atoms with Crippen LogP contribution in [0.1, 0.15) is 30.4 Å². The molecule has 1 saturated heterocycles. The van der Waals surface area contributed by atoms with Crippen LogP contribution >= 0.6 is 0 Å². The highest BCUT2D eigenvalue weighted by molar-refractivity contribution is 6.01. The van der Waals surface area contributed by atoms with Crippen LogP contribution in [0, 0.1) is 13.8 Å². The average molecular weight is 333 g/mol. The number of carboxylic acid groups (broad SMARTS) is 1. The van der Waals surface area contributed by atoms with Gasteiger partial charge in [-0.1, -0.05) is 12.5 Å². The maximum atomic E-state index is 12.0. The van der Waals surface area contributed by atoms with Gasteiger partial charge in [0.2, 0.25) is 5.91 Å². The van der Waals surface area contributed by atoms with Crippen LogP contribution in [0.25, 0.3) is 0 Å². The summed E-state index contributed by atoms with van der Waals surface area (Å²) in [6, 6.07) is 4.19. The highest BCUT2D eigenvalue weighted by atomic mass is 16.4. The smallest absolute Gasteiger partial charge is 0.325 e. The summed E-state index contributed by atoms with van der Waals surface area (Å²) < 4.78 is 0. The number of nitrogens with one attached hydrogen (secondary N) is 2. The van der Waals surface area contributed by atoms with Gasteiger partial charge in [-0.05, 0) is 56.5 Å². The Hall–Kier alpha value is -2.41.